The van der Waals surface area contributed by atoms with Crippen LogP contribution in [0, 0.1) is 0 Å². The summed E-state index contributed by atoms with van der Waals surface area (Å²) in [5.74, 6) is 0.486. The lowest BCUT2D eigenvalue weighted by Gasteiger charge is -2.42. The van der Waals surface area contributed by atoms with Crippen molar-refractivity contribution in [2.24, 2.45) is 10.7 Å². The van der Waals surface area contributed by atoms with E-state index in [1.807, 2.05) is 12.1 Å². The fourth-order valence-corrected chi connectivity index (χ4v) is 4.85. The highest BCUT2D eigenvalue weighted by molar-refractivity contribution is 6.09. The smallest absolute Gasteiger partial charge is 0.326 e. The Bertz CT molecular complexity index is 1160. The maximum Gasteiger partial charge on any atom is 0.416 e. The number of fused-ring (bicyclic) bond motifs is 2. The Morgan fingerprint density at radius 1 is 0.971 bits per heavy atom. The molecule has 0 fully saturated rings. The quantitative estimate of drug-likeness (QED) is 0.730. The van der Waals surface area contributed by atoms with Crippen LogP contribution in [0.3, 0.4) is 0 Å². The van der Waals surface area contributed by atoms with Crippen molar-refractivity contribution in [2.45, 2.75) is 32.2 Å². The number of rotatable bonds is 5. The van der Waals surface area contributed by atoms with Crippen LogP contribution >= 0.6 is 0 Å². The minimum Gasteiger partial charge on any atom is -0.326 e. The number of nitrogens with two attached hydrogens (primary N) is 1. The summed E-state index contributed by atoms with van der Waals surface area (Å²) in [6.07, 6.45) is -3.63. The highest BCUT2D eigenvalue weighted by atomic mass is 19.4. The van der Waals surface area contributed by atoms with Gasteiger partial charge in [-0.2, -0.15) is 13.2 Å². The number of aliphatic imine (C=N–C) groups is 1. The van der Waals surface area contributed by atoms with Crippen LogP contribution in [0.1, 0.15) is 28.7 Å². The molecule has 0 atom stereocenters. The minimum absolute atomic E-state index is 0.118. The predicted octanol–water partition coefficient (Wildman–Crippen LogP) is 3.34. The lowest BCUT2D eigenvalue weighted by Crippen LogP contribution is -2.53. The number of carbonyl (C=O) groups is 1. The van der Waals surface area contributed by atoms with Gasteiger partial charge in [0.05, 0.1) is 24.2 Å². The zero-order chi connectivity index (χ0) is 23.9. The molecular weight excluding hydrogens is 443 g/mol. The van der Waals surface area contributed by atoms with E-state index >= 15 is 0 Å². The normalized spacial score (nSPS) is 18.8. The third-order valence-corrected chi connectivity index (χ3v) is 6.54. The van der Waals surface area contributed by atoms with Crippen molar-refractivity contribution in [1.82, 2.24) is 14.7 Å². The van der Waals surface area contributed by atoms with Gasteiger partial charge in [0.2, 0.25) is 5.96 Å². The number of amides is 1. The van der Waals surface area contributed by atoms with Gasteiger partial charge >= 0.3 is 6.18 Å². The highest BCUT2D eigenvalue weighted by Gasteiger charge is 2.41. The van der Waals surface area contributed by atoms with E-state index in [4.69, 9.17) is 5.73 Å². The monoisotopic (exact) mass is 469 g/mol. The SMILES string of the molecule is NCc1cccc(CN2CCC3=C(C2)C(=O)N(Cc2ccc(C(F)(F)F)cc2)C2=NCCN23)c1. The molecule has 2 aromatic carbocycles. The van der Waals surface area contributed by atoms with Crippen LogP contribution in [0.5, 0.6) is 0 Å². The van der Waals surface area contributed by atoms with Crippen LogP contribution in [0.15, 0.2) is 64.8 Å². The Balaban J connectivity index is 1.36. The molecule has 9 heteroatoms. The number of benzene rings is 2. The van der Waals surface area contributed by atoms with Crippen molar-refractivity contribution < 1.29 is 18.0 Å². The summed E-state index contributed by atoms with van der Waals surface area (Å²) in [7, 11) is 0. The van der Waals surface area contributed by atoms with Crippen LogP contribution < -0.4 is 5.73 Å². The summed E-state index contributed by atoms with van der Waals surface area (Å²) < 4.78 is 38.8. The van der Waals surface area contributed by atoms with Crippen molar-refractivity contribution in [3.8, 4) is 0 Å². The fourth-order valence-electron chi connectivity index (χ4n) is 4.85. The first kappa shape index (κ1) is 22.6. The molecule has 0 saturated heterocycles. The summed E-state index contributed by atoms with van der Waals surface area (Å²) in [5, 5.41) is 0. The minimum atomic E-state index is -4.39. The third kappa shape index (κ3) is 4.33. The second-order valence-electron chi connectivity index (χ2n) is 8.83. The summed E-state index contributed by atoms with van der Waals surface area (Å²) in [6.45, 7) is 4.05. The van der Waals surface area contributed by atoms with Gasteiger partial charge in [-0.1, -0.05) is 36.4 Å². The highest BCUT2D eigenvalue weighted by Crippen LogP contribution is 2.33. The van der Waals surface area contributed by atoms with Crippen molar-refractivity contribution in [2.75, 3.05) is 26.2 Å². The number of halogens is 3. The van der Waals surface area contributed by atoms with E-state index in [0.29, 0.717) is 37.7 Å². The van der Waals surface area contributed by atoms with E-state index in [0.717, 1.165) is 54.0 Å². The van der Waals surface area contributed by atoms with Gasteiger partial charge in [-0.3, -0.25) is 19.6 Å². The molecular formula is C25H26F3N5O. The molecule has 1 amide bonds. The summed E-state index contributed by atoms with van der Waals surface area (Å²) in [6, 6.07) is 13.1. The van der Waals surface area contributed by atoms with Gasteiger partial charge in [0.1, 0.15) is 0 Å². The average Bonchev–Trinajstić information content (AvgIpc) is 3.31. The Morgan fingerprint density at radius 2 is 1.74 bits per heavy atom. The number of guanidine groups is 1. The standard InChI is InChI=1S/C25H26F3N5O/c26-25(27,28)20-6-4-17(5-7-20)15-33-23(34)21-16-31(14-19-3-1-2-18(12-19)13-29)10-8-22(21)32-11-9-30-24(32)33/h1-7,12H,8-11,13-16,29H2. The molecule has 0 unspecified atom stereocenters. The summed E-state index contributed by atoms with van der Waals surface area (Å²) >= 11 is 0. The molecule has 0 spiro atoms. The molecule has 2 N–H and O–H groups in total. The molecule has 3 aliphatic heterocycles. The van der Waals surface area contributed by atoms with Gasteiger partial charge < -0.3 is 10.6 Å². The first-order valence-corrected chi connectivity index (χ1v) is 11.4. The largest absolute Gasteiger partial charge is 0.416 e. The van der Waals surface area contributed by atoms with Crippen molar-refractivity contribution in [1.29, 1.82) is 0 Å². The molecule has 0 radical (unpaired) electrons. The molecule has 2 aromatic rings. The number of hydrogen-bond donors (Lipinski definition) is 1. The number of carbonyl (C=O) groups excluding carboxylic acids is 1. The Labute approximate surface area is 196 Å². The molecule has 5 rings (SSSR count). The van der Waals surface area contributed by atoms with E-state index < -0.39 is 11.7 Å². The first-order valence-electron chi connectivity index (χ1n) is 11.4. The second kappa shape index (κ2) is 8.88. The van der Waals surface area contributed by atoms with Crippen molar-refractivity contribution in [3.63, 3.8) is 0 Å². The molecule has 0 bridgehead atoms. The van der Waals surface area contributed by atoms with E-state index in [1.165, 1.54) is 12.1 Å². The predicted molar refractivity (Wildman–Crippen MR) is 122 cm³/mol. The van der Waals surface area contributed by atoms with Gasteiger partial charge in [-0.15, -0.1) is 0 Å². The summed E-state index contributed by atoms with van der Waals surface area (Å²) in [5.41, 5.74) is 9.70. The van der Waals surface area contributed by atoms with Crippen LogP contribution in [0.4, 0.5) is 13.2 Å². The second-order valence-corrected chi connectivity index (χ2v) is 8.83. The molecule has 178 valence electrons. The maximum atomic E-state index is 13.6. The Hall–Kier alpha value is -3.17. The van der Waals surface area contributed by atoms with E-state index in [9.17, 15) is 18.0 Å². The van der Waals surface area contributed by atoms with Crippen LogP contribution in [-0.2, 0) is 30.6 Å². The maximum absolute atomic E-state index is 13.6. The van der Waals surface area contributed by atoms with E-state index in [1.54, 1.807) is 4.90 Å². The Morgan fingerprint density at radius 3 is 2.47 bits per heavy atom. The molecule has 3 aliphatic rings. The lowest BCUT2D eigenvalue weighted by atomic mass is 9.99. The van der Waals surface area contributed by atoms with Crippen LogP contribution in [-0.4, -0.2) is 52.7 Å². The molecule has 0 aromatic heterocycles. The molecule has 6 nitrogen and oxygen atoms in total. The molecule has 0 aliphatic carbocycles. The van der Waals surface area contributed by atoms with Crippen molar-refractivity contribution >= 4 is 11.9 Å². The van der Waals surface area contributed by atoms with Gasteiger partial charge in [-0.25, -0.2) is 0 Å². The number of alkyl halides is 3. The topological polar surface area (TPSA) is 65.2 Å². The zero-order valence-corrected chi connectivity index (χ0v) is 18.7. The van der Waals surface area contributed by atoms with Crippen molar-refractivity contribution in [3.05, 3.63) is 82.1 Å². The zero-order valence-electron chi connectivity index (χ0n) is 18.7. The summed E-state index contributed by atoms with van der Waals surface area (Å²) in [4.78, 5) is 24.1. The van der Waals surface area contributed by atoms with E-state index in [-0.39, 0.29) is 12.5 Å². The van der Waals surface area contributed by atoms with Crippen LogP contribution in [0.2, 0.25) is 0 Å². The fraction of sp³-hybridized carbons (Fsp3) is 0.360. The first-order chi connectivity index (χ1) is 16.3. The molecule has 34 heavy (non-hydrogen) atoms. The molecule has 0 saturated carbocycles. The van der Waals surface area contributed by atoms with Crippen LogP contribution in [0.25, 0.3) is 0 Å². The Kier molecular flexibility index (Phi) is 5.91. The average molecular weight is 470 g/mol. The lowest BCUT2D eigenvalue weighted by molar-refractivity contribution is -0.137. The molecule has 3 heterocycles. The van der Waals surface area contributed by atoms with Gasteiger partial charge in [0.25, 0.3) is 5.91 Å². The van der Waals surface area contributed by atoms with E-state index in [2.05, 4.69) is 26.9 Å². The van der Waals surface area contributed by atoms with Gasteiger partial charge in [-0.05, 0) is 28.8 Å². The van der Waals surface area contributed by atoms with Gasteiger partial charge in [0, 0.05) is 44.8 Å². The number of hydrogen-bond acceptors (Lipinski definition) is 5. The number of nitrogens with zero attached hydrogens (tertiary/aromatic N) is 4. The van der Waals surface area contributed by atoms with Gasteiger partial charge in [0.15, 0.2) is 0 Å². The third-order valence-electron chi connectivity index (χ3n) is 6.54.